The first-order valence-electron chi connectivity index (χ1n) is 20.9. The topological polar surface area (TPSA) is 140 Å². The summed E-state index contributed by atoms with van der Waals surface area (Å²) in [6, 6.07) is 27.5. The number of nitrogens with one attached hydrogen (secondary N) is 1. The maximum atomic E-state index is 13.6. The zero-order valence-corrected chi connectivity index (χ0v) is 32.9. The van der Waals surface area contributed by atoms with Crippen molar-refractivity contribution in [1.29, 1.82) is 0 Å². The van der Waals surface area contributed by atoms with Gasteiger partial charge in [0, 0.05) is 74.8 Å². The van der Waals surface area contributed by atoms with Crippen molar-refractivity contribution >= 4 is 35.2 Å². The normalized spacial score (nSPS) is 23.8. The summed E-state index contributed by atoms with van der Waals surface area (Å²) in [5, 5.41) is 12.4. The highest BCUT2D eigenvalue weighted by Gasteiger charge is 2.46. The summed E-state index contributed by atoms with van der Waals surface area (Å²) in [5.41, 5.74) is 7.38. The van der Waals surface area contributed by atoms with E-state index in [-0.39, 0.29) is 59.4 Å². The third kappa shape index (κ3) is 6.73. The number of hydrogen-bond acceptors (Lipinski definition) is 9. The van der Waals surface area contributed by atoms with Gasteiger partial charge in [-0.1, -0.05) is 48.5 Å². The summed E-state index contributed by atoms with van der Waals surface area (Å²) in [6.07, 6.45) is 4.37. The van der Waals surface area contributed by atoms with Crippen LogP contribution in [0.3, 0.4) is 0 Å². The third-order valence-electron chi connectivity index (χ3n) is 13.9. The number of imide groups is 2. The fourth-order valence-electron chi connectivity index (χ4n) is 10.5. The molecule has 1 spiro atoms. The number of phenols is 1. The summed E-state index contributed by atoms with van der Waals surface area (Å²) in [5.74, 6) is -0.745. The largest absolute Gasteiger partial charge is 0.508 e. The first kappa shape index (κ1) is 37.3. The van der Waals surface area contributed by atoms with Crippen LogP contribution in [0.1, 0.15) is 98.9 Å². The molecule has 4 aromatic rings. The van der Waals surface area contributed by atoms with Crippen LogP contribution < -0.4 is 15.0 Å². The van der Waals surface area contributed by atoms with E-state index in [1.165, 1.54) is 16.8 Å². The van der Waals surface area contributed by atoms with Crippen LogP contribution in [-0.2, 0) is 27.5 Å². The Morgan fingerprint density at radius 1 is 0.780 bits per heavy atom. The van der Waals surface area contributed by atoms with Crippen LogP contribution in [0.4, 0.5) is 5.69 Å². The van der Waals surface area contributed by atoms with Gasteiger partial charge in [-0.05, 0) is 90.1 Å². The highest BCUT2D eigenvalue weighted by atomic mass is 16.5. The first-order valence-corrected chi connectivity index (χ1v) is 20.9. The van der Waals surface area contributed by atoms with Crippen molar-refractivity contribution in [3.63, 3.8) is 0 Å². The van der Waals surface area contributed by atoms with Gasteiger partial charge in [0.1, 0.15) is 17.5 Å². The van der Waals surface area contributed by atoms with Crippen LogP contribution in [0.25, 0.3) is 0 Å². The van der Waals surface area contributed by atoms with Crippen LogP contribution in [0.2, 0.25) is 0 Å². The Balaban J connectivity index is 0.732. The van der Waals surface area contributed by atoms with E-state index in [2.05, 4.69) is 63.6 Å². The second kappa shape index (κ2) is 14.7. The summed E-state index contributed by atoms with van der Waals surface area (Å²) in [4.78, 5) is 71.9. The summed E-state index contributed by atoms with van der Waals surface area (Å²) in [7, 11) is 0. The number of ether oxygens (including phenoxy) is 1. The maximum Gasteiger partial charge on any atom is 0.262 e. The Morgan fingerprint density at radius 3 is 2.10 bits per heavy atom. The smallest absolute Gasteiger partial charge is 0.262 e. The SMILES string of the molecule is O=C1CCC(N2C(=O)c3cc4c(cc3C2=O)CN(CC(=O)N2CCC3(CC2)CCN(c2ccc(C5c6ccc(O)cc6OCC5c5ccccc5)cc2)CC3)C4)C(=O)N1. The molecule has 59 heavy (non-hydrogen) atoms. The second-order valence-electron chi connectivity index (χ2n) is 17.2. The van der Waals surface area contributed by atoms with Crippen molar-refractivity contribution < 1.29 is 33.8 Å². The van der Waals surface area contributed by atoms with Crippen molar-refractivity contribution in [2.75, 3.05) is 44.2 Å². The Morgan fingerprint density at radius 2 is 1.44 bits per heavy atom. The fourth-order valence-corrected chi connectivity index (χ4v) is 10.5. The molecule has 0 aliphatic carbocycles. The molecule has 0 aromatic heterocycles. The molecule has 3 saturated heterocycles. The molecule has 10 rings (SSSR count). The number of phenolic OH excluding ortho intramolecular Hbond substituents is 1. The molecule has 6 heterocycles. The minimum Gasteiger partial charge on any atom is -0.508 e. The third-order valence-corrected chi connectivity index (χ3v) is 13.9. The number of nitrogens with zero attached hydrogens (tertiary/aromatic N) is 4. The van der Waals surface area contributed by atoms with E-state index in [1.807, 2.05) is 17.0 Å². The van der Waals surface area contributed by atoms with E-state index in [0.29, 0.717) is 19.7 Å². The van der Waals surface area contributed by atoms with Gasteiger partial charge in [0.15, 0.2) is 0 Å². The molecule has 3 fully saturated rings. The number of amides is 5. The lowest BCUT2D eigenvalue weighted by Crippen LogP contribution is -2.54. The highest BCUT2D eigenvalue weighted by Crippen LogP contribution is 2.48. The van der Waals surface area contributed by atoms with Crippen molar-refractivity contribution in [3.8, 4) is 11.5 Å². The number of carbonyl (C=O) groups is 5. The van der Waals surface area contributed by atoms with Crippen LogP contribution in [0, 0.1) is 5.41 Å². The van der Waals surface area contributed by atoms with Gasteiger partial charge in [-0.25, -0.2) is 0 Å². The van der Waals surface area contributed by atoms with E-state index in [1.54, 1.807) is 24.3 Å². The Kier molecular flexibility index (Phi) is 9.27. The van der Waals surface area contributed by atoms with Crippen molar-refractivity contribution in [2.45, 2.75) is 69.5 Å². The van der Waals surface area contributed by atoms with Gasteiger partial charge in [0.25, 0.3) is 11.8 Å². The van der Waals surface area contributed by atoms with Gasteiger partial charge >= 0.3 is 0 Å². The van der Waals surface area contributed by atoms with Gasteiger partial charge in [-0.2, -0.15) is 0 Å². The van der Waals surface area contributed by atoms with Gasteiger partial charge in [0.05, 0.1) is 24.3 Å². The minimum atomic E-state index is -0.993. The number of anilines is 1. The molecule has 6 aliphatic heterocycles. The highest BCUT2D eigenvalue weighted by molar-refractivity contribution is 6.23. The molecule has 3 unspecified atom stereocenters. The van der Waals surface area contributed by atoms with E-state index < -0.39 is 29.7 Å². The molecule has 302 valence electrons. The predicted molar refractivity (Wildman–Crippen MR) is 218 cm³/mol. The lowest BCUT2D eigenvalue weighted by Gasteiger charge is -2.47. The molecule has 2 N–H and O–H groups in total. The maximum absolute atomic E-state index is 13.6. The van der Waals surface area contributed by atoms with Crippen molar-refractivity contribution in [1.82, 2.24) is 20.0 Å². The number of fused-ring (bicyclic) bond motifs is 3. The molecule has 12 heteroatoms. The quantitative estimate of drug-likeness (QED) is 0.248. The van der Waals surface area contributed by atoms with Crippen LogP contribution in [-0.4, -0.2) is 94.7 Å². The Labute approximate surface area is 342 Å². The number of aromatic hydroxyl groups is 1. The van der Waals surface area contributed by atoms with E-state index in [0.717, 1.165) is 79.2 Å². The number of hydrogen-bond donors (Lipinski definition) is 2. The lowest BCUT2D eigenvalue weighted by atomic mass is 9.71. The lowest BCUT2D eigenvalue weighted by molar-refractivity contribution is -0.137. The van der Waals surface area contributed by atoms with Crippen molar-refractivity contribution in [2.24, 2.45) is 5.41 Å². The monoisotopic (exact) mass is 793 g/mol. The molecule has 6 aliphatic rings. The van der Waals surface area contributed by atoms with Gasteiger partial charge < -0.3 is 19.6 Å². The predicted octanol–water partition coefficient (Wildman–Crippen LogP) is 5.33. The van der Waals surface area contributed by atoms with Crippen LogP contribution in [0.15, 0.2) is 84.9 Å². The Hall–Kier alpha value is -6.01. The van der Waals surface area contributed by atoms with E-state index >= 15 is 0 Å². The van der Waals surface area contributed by atoms with E-state index in [4.69, 9.17) is 4.74 Å². The van der Waals surface area contributed by atoms with Crippen LogP contribution in [0.5, 0.6) is 11.5 Å². The number of benzene rings is 4. The number of carbonyl (C=O) groups excluding carboxylic acids is 5. The number of likely N-dealkylation sites (tertiary alicyclic amines) is 1. The number of rotatable bonds is 6. The minimum absolute atomic E-state index is 0.0782. The van der Waals surface area contributed by atoms with Crippen molar-refractivity contribution in [3.05, 3.63) is 124 Å². The molecule has 4 aromatic carbocycles. The summed E-state index contributed by atoms with van der Waals surface area (Å²) in [6.45, 7) is 5.27. The molecule has 0 bridgehead atoms. The van der Waals surface area contributed by atoms with Gasteiger partial charge in [0.2, 0.25) is 17.7 Å². The second-order valence-corrected chi connectivity index (χ2v) is 17.2. The average molecular weight is 794 g/mol. The molecule has 3 atom stereocenters. The molecule has 0 saturated carbocycles. The fraction of sp³-hybridized carbons (Fsp3) is 0.383. The standard InChI is InChI=1S/C47H47N5O7/c53-34-10-11-35-40(24-34)59-28-38(29-4-2-1-3-5-29)43(35)30-6-8-33(9-7-30)50-18-14-47(15-19-50)16-20-51(21-17-47)42(55)27-49-25-31-22-36-37(23-32(31)26-49)46(58)52(45(36)57)39-12-13-41(54)48-44(39)56/h1-11,22-24,38-39,43,53H,12-21,25-28H2,(H,48,54,56). The van der Waals surface area contributed by atoms with E-state index in [9.17, 15) is 29.1 Å². The number of piperidine rings is 3. The zero-order chi connectivity index (χ0) is 40.4. The molecule has 5 amide bonds. The average Bonchev–Trinajstić information content (AvgIpc) is 3.75. The molecular formula is C47H47N5O7. The zero-order valence-electron chi connectivity index (χ0n) is 32.9. The van der Waals surface area contributed by atoms with Gasteiger partial charge in [-0.3, -0.25) is 39.1 Å². The van der Waals surface area contributed by atoms with Gasteiger partial charge in [-0.15, -0.1) is 0 Å². The molecular weight excluding hydrogens is 747 g/mol. The summed E-state index contributed by atoms with van der Waals surface area (Å²) >= 11 is 0. The summed E-state index contributed by atoms with van der Waals surface area (Å²) < 4.78 is 6.17. The first-order chi connectivity index (χ1) is 28.6. The molecule has 12 nitrogen and oxygen atoms in total. The Bertz CT molecular complexity index is 2320. The van der Waals surface area contributed by atoms with Crippen LogP contribution >= 0.6 is 0 Å². The molecule has 0 radical (unpaired) electrons.